The predicted octanol–water partition coefficient (Wildman–Crippen LogP) is 7.77. The second-order valence-electron chi connectivity index (χ2n) is 11.2. The maximum absolute atomic E-state index is 13.8. The lowest BCUT2D eigenvalue weighted by atomic mass is 10.1. The summed E-state index contributed by atoms with van der Waals surface area (Å²) in [6.45, 7) is 3.59. The summed E-state index contributed by atoms with van der Waals surface area (Å²) in [6, 6.07) is 21.5. The van der Waals surface area contributed by atoms with Crippen LogP contribution in [0.1, 0.15) is 27.2 Å². The van der Waals surface area contributed by atoms with E-state index in [0.29, 0.717) is 40.0 Å². The van der Waals surface area contributed by atoms with Crippen molar-refractivity contribution in [2.45, 2.75) is 20.0 Å². The minimum absolute atomic E-state index is 0.0192. The van der Waals surface area contributed by atoms with E-state index in [0.717, 1.165) is 23.4 Å². The van der Waals surface area contributed by atoms with Crippen LogP contribution in [-0.2, 0) is 6.18 Å². The molecule has 0 saturated heterocycles. The Morgan fingerprint density at radius 2 is 1.69 bits per heavy atom. The third kappa shape index (κ3) is 6.65. The van der Waals surface area contributed by atoms with Gasteiger partial charge >= 0.3 is 6.18 Å². The fourth-order valence-electron chi connectivity index (χ4n) is 5.23. The number of amides is 1. The lowest BCUT2D eigenvalue weighted by Crippen LogP contribution is -2.14. The molecule has 0 fully saturated rings. The highest BCUT2D eigenvalue weighted by atomic mass is 19.4. The van der Waals surface area contributed by atoms with Gasteiger partial charge in [0.1, 0.15) is 18.0 Å². The molecule has 4 heterocycles. The zero-order valence-electron chi connectivity index (χ0n) is 26.1. The number of anilines is 5. The van der Waals surface area contributed by atoms with Crippen molar-refractivity contribution in [3.8, 4) is 11.5 Å². The van der Waals surface area contributed by atoms with E-state index in [-0.39, 0.29) is 16.9 Å². The van der Waals surface area contributed by atoms with Crippen LogP contribution in [0.2, 0.25) is 0 Å². The molecule has 7 aromatic rings. The molecule has 11 nitrogen and oxygen atoms in total. The van der Waals surface area contributed by atoms with Gasteiger partial charge in [-0.25, -0.2) is 19.9 Å². The van der Waals surface area contributed by atoms with Gasteiger partial charge in [-0.3, -0.25) is 14.3 Å². The molecule has 0 radical (unpaired) electrons. The molecule has 0 aliphatic rings. The van der Waals surface area contributed by atoms with Crippen molar-refractivity contribution in [1.82, 2.24) is 34.1 Å². The molecule has 0 aliphatic carbocycles. The number of nitrogens with zero attached hydrogens (tertiary/aromatic N) is 7. The minimum atomic E-state index is -4.63. The maximum Gasteiger partial charge on any atom is 0.416 e. The molecule has 0 unspecified atom stereocenters. The summed E-state index contributed by atoms with van der Waals surface area (Å²) in [5, 5.41) is 9.22. The molecule has 49 heavy (non-hydrogen) atoms. The van der Waals surface area contributed by atoms with Gasteiger partial charge in [-0.1, -0.05) is 24.3 Å². The van der Waals surface area contributed by atoms with Crippen molar-refractivity contribution in [1.29, 1.82) is 0 Å². The van der Waals surface area contributed by atoms with Crippen molar-refractivity contribution in [2.75, 3.05) is 16.0 Å². The number of nitrogens with one attached hydrogen (secondary N) is 3. The molecule has 0 saturated carbocycles. The first-order chi connectivity index (χ1) is 23.6. The van der Waals surface area contributed by atoms with Gasteiger partial charge in [-0.05, 0) is 67.9 Å². The van der Waals surface area contributed by atoms with Crippen LogP contribution in [0.4, 0.5) is 42.0 Å². The predicted molar refractivity (Wildman–Crippen MR) is 180 cm³/mol. The number of carbonyl (C=O) groups excluding carboxylic acids is 1. The standard InChI is InChI=1S/C35H27F3N10O/c1-21-8-9-23(33(49)44-26-13-24(35(36,37)38)14-27(15-26)47-18-22(2)42-20-47)12-29(21)46-34-45-28-10-11-39-17-30(28)48(34)32-16-31(40-19-41-32)43-25-6-4-3-5-7-25/h3-20H,1-2H3,(H,44,49)(H,45,46)(H,40,41,43). The third-order valence-electron chi connectivity index (χ3n) is 7.64. The first-order valence-corrected chi connectivity index (χ1v) is 15.0. The van der Waals surface area contributed by atoms with Gasteiger partial charge in [0.15, 0.2) is 0 Å². The number of alkyl halides is 3. The second kappa shape index (κ2) is 12.6. The van der Waals surface area contributed by atoms with Crippen LogP contribution in [-0.4, -0.2) is 40.0 Å². The Labute approximate surface area is 277 Å². The fourth-order valence-corrected chi connectivity index (χ4v) is 5.23. The third-order valence-corrected chi connectivity index (χ3v) is 7.64. The monoisotopic (exact) mass is 660 g/mol. The number of fused-ring (bicyclic) bond motifs is 1. The van der Waals surface area contributed by atoms with Gasteiger partial charge in [0.05, 0.1) is 34.8 Å². The highest BCUT2D eigenvalue weighted by molar-refractivity contribution is 6.05. The van der Waals surface area contributed by atoms with Crippen LogP contribution in [0.15, 0.2) is 110 Å². The smallest absolute Gasteiger partial charge is 0.340 e. The fraction of sp³-hybridized carbons (Fsp3) is 0.0857. The average Bonchev–Trinajstić information content (AvgIpc) is 3.69. The number of benzene rings is 3. The summed E-state index contributed by atoms with van der Waals surface area (Å²) in [7, 11) is 0. The maximum atomic E-state index is 13.8. The summed E-state index contributed by atoms with van der Waals surface area (Å²) in [4.78, 5) is 35.5. The van der Waals surface area contributed by atoms with Crippen LogP contribution in [0.3, 0.4) is 0 Å². The zero-order valence-corrected chi connectivity index (χ0v) is 26.1. The lowest BCUT2D eigenvalue weighted by molar-refractivity contribution is -0.137. The Kier molecular flexibility index (Phi) is 7.96. The van der Waals surface area contributed by atoms with Crippen molar-refractivity contribution in [3.05, 3.63) is 132 Å². The van der Waals surface area contributed by atoms with E-state index in [4.69, 9.17) is 4.98 Å². The molecule has 0 spiro atoms. The van der Waals surface area contributed by atoms with Crippen LogP contribution in [0.25, 0.3) is 22.5 Å². The number of aromatic nitrogens is 7. The summed E-state index contributed by atoms with van der Waals surface area (Å²) < 4.78 is 44.7. The summed E-state index contributed by atoms with van der Waals surface area (Å²) in [5.41, 5.74) is 3.65. The van der Waals surface area contributed by atoms with Crippen molar-refractivity contribution >= 4 is 45.8 Å². The highest BCUT2D eigenvalue weighted by Crippen LogP contribution is 2.34. The average molecular weight is 661 g/mol. The Hall–Kier alpha value is -6.57. The SMILES string of the molecule is Cc1cn(-c2cc(NC(=O)c3ccc(C)c(Nc4nc5ccncc5n4-c4cc(Nc5ccccc5)ncn4)c3)cc(C(F)(F)F)c2)cn1. The number of para-hydroxylation sites is 1. The number of hydrogen-bond acceptors (Lipinski definition) is 8. The first kappa shape index (κ1) is 31.1. The highest BCUT2D eigenvalue weighted by Gasteiger charge is 2.31. The van der Waals surface area contributed by atoms with E-state index < -0.39 is 17.6 Å². The van der Waals surface area contributed by atoms with Crippen molar-refractivity contribution in [2.24, 2.45) is 0 Å². The Morgan fingerprint density at radius 1 is 0.857 bits per heavy atom. The molecule has 7 rings (SSSR count). The van der Waals surface area contributed by atoms with Gasteiger partial charge in [-0.15, -0.1) is 0 Å². The topological polar surface area (TPSA) is 127 Å². The van der Waals surface area contributed by atoms with Gasteiger partial charge in [0, 0.05) is 46.8 Å². The normalized spacial score (nSPS) is 11.4. The number of aryl methyl sites for hydroxylation is 2. The number of imidazole rings is 2. The summed E-state index contributed by atoms with van der Waals surface area (Å²) in [5.74, 6) is 0.863. The molecule has 1 amide bonds. The molecular formula is C35H27F3N10O. The van der Waals surface area contributed by atoms with Crippen LogP contribution in [0.5, 0.6) is 0 Å². The van der Waals surface area contributed by atoms with Crippen LogP contribution >= 0.6 is 0 Å². The van der Waals surface area contributed by atoms with Crippen molar-refractivity contribution < 1.29 is 18.0 Å². The van der Waals surface area contributed by atoms with Gasteiger partial charge in [0.25, 0.3) is 5.91 Å². The van der Waals surface area contributed by atoms with E-state index in [9.17, 15) is 18.0 Å². The molecular weight excluding hydrogens is 633 g/mol. The molecule has 0 atom stereocenters. The number of hydrogen-bond donors (Lipinski definition) is 3. The van der Waals surface area contributed by atoms with Crippen molar-refractivity contribution in [3.63, 3.8) is 0 Å². The molecule has 3 aromatic carbocycles. The van der Waals surface area contributed by atoms with Gasteiger partial charge < -0.3 is 20.5 Å². The second-order valence-corrected chi connectivity index (χ2v) is 11.2. The quantitative estimate of drug-likeness (QED) is 0.151. The van der Waals surface area contributed by atoms with E-state index in [1.54, 1.807) is 60.4 Å². The molecule has 14 heteroatoms. The molecule has 0 aliphatic heterocycles. The van der Waals surface area contributed by atoms with E-state index in [2.05, 4.69) is 35.9 Å². The number of pyridine rings is 1. The Balaban J connectivity index is 1.20. The molecule has 4 aromatic heterocycles. The van der Waals surface area contributed by atoms with E-state index in [1.165, 1.54) is 23.3 Å². The Bertz CT molecular complexity index is 2320. The number of carbonyl (C=O) groups is 1. The van der Waals surface area contributed by atoms with E-state index >= 15 is 0 Å². The largest absolute Gasteiger partial charge is 0.416 e. The zero-order chi connectivity index (χ0) is 34.1. The number of rotatable bonds is 8. The van der Waals surface area contributed by atoms with Crippen LogP contribution in [0, 0.1) is 13.8 Å². The van der Waals surface area contributed by atoms with Crippen LogP contribution < -0.4 is 16.0 Å². The molecule has 3 N–H and O–H groups in total. The van der Waals surface area contributed by atoms with Gasteiger partial charge in [0.2, 0.25) is 5.95 Å². The lowest BCUT2D eigenvalue weighted by Gasteiger charge is -2.15. The number of halogens is 3. The minimum Gasteiger partial charge on any atom is -0.340 e. The van der Waals surface area contributed by atoms with E-state index in [1.807, 2.05) is 37.3 Å². The summed E-state index contributed by atoms with van der Waals surface area (Å²) in [6.07, 6.45) is 3.13. The summed E-state index contributed by atoms with van der Waals surface area (Å²) >= 11 is 0. The Morgan fingerprint density at radius 3 is 2.47 bits per heavy atom. The molecule has 0 bridgehead atoms. The first-order valence-electron chi connectivity index (χ1n) is 15.0. The van der Waals surface area contributed by atoms with Gasteiger partial charge in [-0.2, -0.15) is 13.2 Å². The molecule has 244 valence electrons.